The third-order valence-corrected chi connectivity index (χ3v) is 7.09. The Bertz CT molecular complexity index is 599. The molecule has 1 aliphatic rings. The summed E-state index contributed by atoms with van der Waals surface area (Å²) in [5.74, 6) is 1.71. The van der Waals surface area contributed by atoms with Crippen LogP contribution in [0.25, 0.3) is 0 Å². The van der Waals surface area contributed by atoms with Crippen LogP contribution in [0.4, 0.5) is 0 Å². The van der Waals surface area contributed by atoms with Crippen molar-refractivity contribution in [1.29, 1.82) is 0 Å². The molecule has 1 fully saturated rings. The Morgan fingerprint density at radius 1 is 1.35 bits per heavy atom. The van der Waals surface area contributed by atoms with Crippen LogP contribution in [-0.2, 0) is 16.6 Å². The van der Waals surface area contributed by atoms with Crippen LogP contribution < -0.4 is 5.73 Å². The standard InChI is InChI=1S/C14H22N2O2S2/c1-10-6-11(2)14(7-13(10)8-15)20(17,18)16-4-5-19-9-12(16)3/h6-7,12H,4-5,8-9,15H2,1-3H3. The van der Waals surface area contributed by atoms with Gasteiger partial charge in [-0.2, -0.15) is 16.1 Å². The molecule has 4 nitrogen and oxygen atoms in total. The summed E-state index contributed by atoms with van der Waals surface area (Å²) in [5, 5.41) is 0. The molecule has 0 radical (unpaired) electrons. The van der Waals surface area contributed by atoms with Crippen molar-refractivity contribution < 1.29 is 8.42 Å². The van der Waals surface area contributed by atoms with Crippen LogP contribution in [0, 0.1) is 13.8 Å². The van der Waals surface area contributed by atoms with E-state index in [2.05, 4.69) is 0 Å². The second-order valence-corrected chi connectivity index (χ2v) is 8.30. The zero-order valence-corrected chi connectivity index (χ0v) is 13.9. The predicted molar refractivity (Wildman–Crippen MR) is 84.5 cm³/mol. The van der Waals surface area contributed by atoms with Crippen LogP contribution in [0.5, 0.6) is 0 Å². The first-order valence-corrected chi connectivity index (χ1v) is 9.37. The highest BCUT2D eigenvalue weighted by Gasteiger charge is 2.32. The van der Waals surface area contributed by atoms with E-state index in [0.717, 1.165) is 28.2 Å². The van der Waals surface area contributed by atoms with Gasteiger partial charge in [0.1, 0.15) is 0 Å². The summed E-state index contributed by atoms with van der Waals surface area (Å²) in [7, 11) is -3.43. The van der Waals surface area contributed by atoms with E-state index < -0.39 is 10.0 Å². The average Bonchev–Trinajstić information content (AvgIpc) is 2.38. The summed E-state index contributed by atoms with van der Waals surface area (Å²) < 4.78 is 27.4. The van der Waals surface area contributed by atoms with E-state index in [1.807, 2.05) is 26.8 Å². The first kappa shape index (κ1) is 15.8. The fourth-order valence-corrected chi connectivity index (χ4v) is 5.68. The van der Waals surface area contributed by atoms with Gasteiger partial charge in [-0.3, -0.25) is 0 Å². The quantitative estimate of drug-likeness (QED) is 0.925. The van der Waals surface area contributed by atoms with Crippen molar-refractivity contribution in [2.24, 2.45) is 5.73 Å². The summed E-state index contributed by atoms with van der Waals surface area (Å²) in [6.45, 7) is 6.73. The molecule has 1 atom stereocenters. The highest BCUT2D eigenvalue weighted by Crippen LogP contribution is 2.28. The maximum absolute atomic E-state index is 12.9. The molecule has 6 heteroatoms. The number of sulfonamides is 1. The van der Waals surface area contributed by atoms with Gasteiger partial charge in [0.25, 0.3) is 0 Å². The molecule has 0 aliphatic carbocycles. The van der Waals surface area contributed by atoms with Crippen LogP contribution >= 0.6 is 11.8 Å². The Hall–Kier alpha value is -0.560. The molecule has 2 N–H and O–H groups in total. The monoisotopic (exact) mass is 314 g/mol. The van der Waals surface area contributed by atoms with Crippen molar-refractivity contribution in [3.05, 3.63) is 28.8 Å². The number of hydrogen-bond acceptors (Lipinski definition) is 4. The SMILES string of the molecule is Cc1cc(C)c(S(=O)(=O)N2CCSCC2C)cc1CN. The molecular weight excluding hydrogens is 292 g/mol. The van der Waals surface area contributed by atoms with Crippen molar-refractivity contribution in [3.63, 3.8) is 0 Å². The molecule has 1 aliphatic heterocycles. The van der Waals surface area contributed by atoms with Crippen LogP contribution in [0.15, 0.2) is 17.0 Å². The number of nitrogens with zero attached hydrogens (tertiary/aromatic N) is 1. The minimum Gasteiger partial charge on any atom is -0.326 e. The van der Waals surface area contributed by atoms with Gasteiger partial charge < -0.3 is 5.73 Å². The topological polar surface area (TPSA) is 63.4 Å². The number of hydrogen-bond donors (Lipinski definition) is 1. The Kier molecular flexibility index (Phi) is 4.79. The van der Waals surface area contributed by atoms with Crippen LogP contribution in [-0.4, -0.2) is 36.8 Å². The molecule has 112 valence electrons. The molecular formula is C14H22N2O2S2. The molecule has 0 bridgehead atoms. The summed E-state index contributed by atoms with van der Waals surface area (Å²) >= 11 is 1.81. The smallest absolute Gasteiger partial charge is 0.243 e. The molecule has 0 amide bonds. The molecule has 0 aromatic heterocycles. The van der Waals surface area contributed by atoms with Crippen molar-refractivity contribution in [2.75, 3.05) is 18.1 Å². The van der Waals surface area contributed by atoms with E-state index in [-0.39, 0.29) is 6.04 Å². The summed E-state index contributed by atoms with van der Waals surface area (Å²) in [4.78, 5) is 0.405. The molecule has 2 rings (SSSR count). The van der Waals surface area contributed by atoms with Crippen LogP contribution in [0.1, 0.15) is 23.6 Å². The Morgan fingerprint density at radius 2 is 2.05 bits per heavy atom. The normalized spacial score (nSPS) is 21.1. The van der Waals surface area contributed by atoms with Crippen molar-refractivity contribution in [1.82, 2.24) is 4.31 Å². The predicted octanol–water partition coefficient (Wildman–Crippen LogP) is 1.89. The number of aryl methyl sites for hydroxylation is 2. The van der Waals surface area contributed by atoms with Gasteiger partial charge in [0.05, 0.1) is 4.90 Å². The maximum atomic E-state index is 12.9. The third-order valence-electron chi connectivity index (χ3n) is 3.75. The second kappa shape index (κ2) is 6.05. The third kappa shape index (κ3) is 2.88. The van der Waals surface area contributed by atoms with Crippen LogP contribution in [0.2, 0.25) is 0 Å². The van der Waals surface area contributed by atoms with Crippen LogP contribution in [0.3, 0.4) is 0 Å². The van der Waals surface area contributed by atoms with E-state index in [0.29, 0.717) is 18.0 Å². The largest absolute Gasteiger partial charge is 0.326 e. The van der Waals surface area contributed by atoms with Crippen molar-refractivity contribution in [3.8, 4) is 0 Å². The van der Waals surface area contributed by atoms with Gasteiger partial charge in [0.2, 0.25) is 10.0 Å². The lowest BCUT2D eigenvalue weighted by Crippen LogP contribution is -2.44. The van der Waals surface area contributed by atoms with Gasteiger partial charge in [-0.25, -0.2) is 8.42 Å². The van der Waals surface area contributed by atoms with E-state index in [9.17, 15) is 8.42 Å². The first-order valence-electron chi connectivity index (χ1n) is 6.77. The van der Waals surface area contributed by atoms with Gasteiger partial charge in [0.15, 0.2) is 0 Å². The molecule has 0 saturated carbocycles. The van der Waals surface area contributed by atoms with Gasteiger partial charge in [-0.1, -0.05) is 6.07 Å². The zero-order valence-electron chi connectivity index (χ0n) is 12.2. The lowest BCUT2D eigenvalue weighted by Gasteiger charge is -2.32. The Balaban J connectivity index is 2.48. The number of thioether (sulfide) groups is 1. The van der Waals surface area contributed by atoms with E-state index in [1.165, 1.54) is 0 Å². The number of benzene rings is 1. The van der Waals surface area contributed by atoms with Gasteiger partial charge in [0, 0.05) is 30.6 Å². The van der Waals surface area contributed by atoms with E-state index in [1.54, 1.807) is 22.1 Å². The molecule has 1 aromatic rings. The van der Waals surface area contributed by atoms with Gasteiger partial charge >= 0.3 is 0 Å². The highest BCUT2D eigenvalue weighted by molar-refractivity contribution is 7.99. The highest BCUT2D eigenvalue weighted by atomic mass is 32.2. The lowest BCUT2D eigenvalue weighted by atomic mass is 10.1. The molecule has 1 heterocycles. The number of nitrogens with two attached hydrogens (primary N) is 1. The van der Waals surface area contributed by atoms with Gasteiger partial charge in [-0.05, 0) is 43.5 Å². The Morgan fingerprint density at radius 3 is 2.65 bits per heavy atom. The zero-order chi connectivity index (χ0) is 14.9. The first-order chi connectivity index (χ1) is 9.37. The molecule has 1 unspecified atom stereocenters. The van der Waals surface area contributed by atoms with Crippen molar-refractivity contribution in [2.45, 2.75) is 38.3 Å². The fourth-order valence-electron chi connectivity index (χ4n) is 2.57. The molecule has 20 heavy (non-hydrogen) atoms. The maximum Gasteiger partial charge on any atom is 0.243 e. The summed E-state index contributed by atoms with van der Waals surface area (Å²) in [6, 6.07) is 3.70. The molecule has 1 aromatic carbocycles. The summed E-state index contributed by atoms with van der Waals surface area (Å²) in [5.41, 5.74) is 8.45. The fraction of sp³-hybridized carbons (Fsp3) is 0.571. The number of rotatable bonds is 3. The lowest BCUT2D eigenvalue weighted by molar-refractivity contribution is 0.367. The summed E-state index contributed by atoms with van der Waals surface area (Å²) in [6.07, 6.45) is 0. The van der Waals surface area contributed by atoms with Crippen molar-refractivity contribution >= 4 is 21.8 Å². The van der Waals surface area contributed by atoms with Gasteiger partial charge in [-0.15, -0.1) is 0 Å². The second-order valence-electron chi connectivity index (χ2n) is 5.29. The van der Waals surface area contributed by atoms with E-state index >= 15 is 0 Å². The Labute approximate surface area is 125 Å². The minimum atomic E-state index is -3.43. The van der Waals surface area contributed by atoms with E-state index in [4.69, 9.17) is 5.73 Å². The molecule has 0 spiro atoms. The molecule has 1 saturated heterocycles. The average molecular weight is 314 g/mol. The minimum absolute atomic E-state index is 0.0424.